The molecule has 9 nitrogen and oxygen atoms in total. The maximum atomic E-state index is 12.2. The molecule has 9 heteroatoms. The number of carbonyl (C=O) groups is 3. The SMILES string of the molecule is Cc1nc(N2CCCCCCC2)ncc1[C@H](C)NC(=O)CN1C(=O)CNC1=O. The molecule has 1 atom stereocenters. The summed E-state index contributed by atoms with van der Waals surface area (Å²) in [5.41, 5.74) is 1.64. The van der Waals surface area contributed by atoms with E-state index in [1.54, 1.807) is 6.20 Å². The number of urea groups is 1. The fourth-order valence-electron chi connectivity index (χ4n) is 3.61. The Morgan fingerprint density at radius 1 is 1.21 bits per heavy atom. The molecule has 1 aromatic heterocycles. The highest BCUT2D eigenvalue weighted by atomic mass is 16.2. The molecule has 2 saturated heterocycles. The molecule has 0 aliphatic carbocycles. The minimum Gasteiger partial charge on any atom is -0.348 e. The van der Waals surface area contributed by atoms with E-state index in [1.807, 2.05) is 13.8 Å². The topological polar surface area (TPSA) is 108 Å². The van der Waals surface area contributed by atoms with Crippen LogP contribution in [0, 0.1) is 6.92 Å². The highest BCUT2D eigenvalue weighted by molar-refractivity contribution is 6.04. The van der Waals surface area contributed by atoms with Crippen molar-refractivity contribution in [2.45, 2.75) is 52.0 Å². The average molecular weight is 388 g/mol. The van der Waals surface area contributed by atoms with E-state index < -0.39 is 17.8 Å². The first-order chi connectivity index (χ1) is 13.5. The number of aromatic nitrogens is 2. The molecule has 0 radical (unpaired) electrons. The standard InChI is InChI=1S/C19H28N6O3/c1-13(22-16(26)12-25-17(27)11-21-19(25)28)15-10-20-18(23-14(15)2)24-8-6-4-3-5-7-9-24/h10,13H,3-9,11-12H2,1-2H3,(H,21,28)(H,22,26)/t13-/m0/s1. The van der Waals surface area contributed by atoms with Crippen molar-refractivity contribution >= 4 is 23.8 Å². The average Bonchev–Trinajstić information content (AvgIpc) is 2.93. The Hall–Kier alpha value is -2.71. The molecule has 2 aliphatic rings. The summed E-state index contributed by atoms with van der Waals surface area (Å²) in [5, 5.41) is 5.21. The van der Waals surface area contributed by atoms with Crippen LogP contribution in [0.4, 0.5) is 10.7 Å². The molecule has 2 fully saturated rings. The number of aryl methyl sites for hydroxylation is 1. The van der Waals surface area contributed by atoms with E-state index in [0.29, 0.717) is 0 Å². The van der Waals surface area contributed by atoms with Gasteiger partial charge in [-0.25, -0.2) is 14.8 Å². The van der Waals surface area contributed by atoms with E-state index in [4.69, 9.17) is 0 Å². The third-order valence-corrected chi connectivity index (χ3v) is 5.23. The third-order valence-electron chi connectivity index (χ3n) is 5.23. The number of anilines is 1. The molecule has 0 spiro atoms. The fraction of sp³-hybridized carbons (Fsp3) is 0.632. The van der Waals surface area contributed by atoms with Gasteiger partial charge in [0.15, 0.2) is 0 Å². The third kappa shape index (κ3) is 4.76. The van der Waals surface area contributed by atoms with Crippen molar-refractivity contribution in [3.8, 4) is 0 Å². The van der Waals surface area contributed by atoms with Gasteiger partial charge >= 0.3 is 6.03 Å². The number of rotatable bonds is 5. The van der Waals surface area contributed by atoms with Crippen LogP contribution in [0.2, 0.25) is 0 Å². The fourth-order valence-corrected chi connectivity index (χ4v) is 3.61. The number of carbonyl (C=O) groups excluding carboxylic acids is 3. The van der Waals surface area contributed by atoms with Crippen molar-refractivity contribution in [3.05, 3.63) is 17.5 Å². The van der Waals surface area contributed by atoms with Crippen molar-refractivity contribution < 1.29 is 14.4 Å². The lowest BCUT2D eigenvalue weighted by atomic mass is 10.1. The molecular formula is C19H28N6O3. The van der Waals surface area contributed by atoms with Crippen LogP contribution in [0.5, 0.6) is 0 Å². The molecule has 1 aromatic rings. The second-order valence-corrected chi connectivity index (χ2v) is 7.39. The highest BCUT2D eigenvalue weighted by Gasteiger charge is 2.30. The zero-order valence-corrected chi connectivity index (χ0v) is 16.5. The van der Waals surface area contributed by atoms with Gasteiger partial charge in [0.2, 0.25) is 11.9 Å². The Morgan fingerprint density at radius 3 is 2.50 bits per heavy atom. The summed E-state index contributed by atoms with van der Waals surface area (Å²) in [6, 6.07) is -0.862. The van der Waals surface area contributed by atoms with Crippen molar-refractivity contribution in [2.75, 3.05) is 31.1 Å². The Labute approximate surface area is 164 Å². The van der Waals surface area contributed by atoms with Crippen molar-refractivity contribution in [1.29, 1.82) is 0 Å². The largest absolute Gasteiger partial charge is 0.348 e. The van der Waals surface area contributed by atoms with E-state index in [0.717, 1.165) is 48.0 Å². The van der Waals surface area contributed by atoms with Crippen LogP contribution < -0.4 is 15.5 Å². The van der Waals surface area contributed by atoms with Gasteiger partial charge in [0.1, 0.15) is 6.54 Å². The molecule has 0 bridgehead atoms. The molecule has 3 heterocycles. The molecule has 28 heavy (non-hydrogen) atoms. The second-order valence-electron chi connectivity index (χ2n) is 7.39. The van der Waals surface area contributed by atoms with Crippen LogP contribution in [0.3, 0.4) is 0 Å². The molecule has 2 aliphatic heterocycles. The van der Waals surface area contributed by atoms with Gasteiger partial charge in [-0.2, -0.15) is 0 Å². The second kappa shape index (κ2) is 8.99. The lowest BCUT2D eigenvalue weighted by Gasteiger charge is -2.25. The van der Waals surface area contributed by atoms with E-state index >= 15 is 0 Å². The maximum Gasteiger partial charge on any atom is 0.325 e. The molecule has 2 N–H and O–H groups in total. The zero-order chi connectivity index (χ0) is 20.1. The van der Waals surface area contributed by atoms with Gasteiger partial charge in [0.05, 0.1) is 12.6 Å². The molecule has 0 saturated carbocycles. The summed E-state index contributed by atoms with van der Waals surface area (Å²) in [5.74, 6) is -0.0592. The first-order valence-electron chi connectivity index (χ1n) is 9.91. The highest BCUT2D eigenvalue weighted by Crippen LogP contribution is 2.20. The number of amides is 4. The monoisotopic (exact) mass is 388 g/mol. The number of nitrogens with zero attached hydrogens (tertiary/aromatic N) is 4. The first-order valence-corrected chi connectivity index (χ1v) is 9.91. The van der Waals surface area contributed by atoms with Crippen LogP contribution in [0.1, 0.15) is 56.3 Å². The minimum absolute atomic E-state index is 0.0629. The van der Waals surface area contributed by atoms with Crippen LogP contribution in [0.25, 0.3) is 0 Å². The summed E-state index contributed by atoms with van der Waals surface area (Å²) >= 11 is 0. The van der Waals surface area contributed by atoms with E-state index in [9.17, 15) is 14.4 Å². The van der Waals surface area contributed by atoms with Crippen LogP contribution in [-0.2, 0) is 9.59 Å². The lowest BCUT2D eigenvalue weighted by molar-refractivity contribution is -0.130. The van der Waals surface area contributed by atoms with Crippen LogP contribution in [-0.4, -0.2) is 58.9 Å². The normalized spacial score (nSPS) is 19.1. The zero-order valence-electron chi connectivity index (χ0n) is 16.5. The smallest absolute Gasteiger partial charge is 0.325 e. The van der Waals surface area contributed by atoms with E-state index in [-0.39, 0.29) is 19.1 Å². The quantitative estimate of drug-likeness (QED) is 0.736. The van der Waals surface area contributed by atoms with Gasteiger partial charge in [-0.15, -0.1) is 0 Å². The number of hydrogen-bond acceptors (Lipinski definition) is 6. The van der Waals surface area contributed by atoms with Crippen LogP contribution in [0.15, 0.2) is 6.20 Å². The molecule has 3 rings (SSSR count). The summed E-state index contributed by atoms with van der Waals surface area (Å²) in [6.07, 6.45) is 7.85. The van der Waals surface area contributed by atoms with Gasteiger partial charge in [-0.1, -0.05) is 19.3 Å². The lowest BCUT2D eigenvalue weighted by Crippen LogP contribution is -2.41. The predicted octanol–water partition coefficient (Wildman–Crippen LogP) is 1.28. The minimum atomic E-state index is -0.537. The van der Waals surface area contributed by atoms with E-state index in [1.165, 1.54) is 19.3 Å². The molecule has 4 amide bonds. The van der Waals surface area contributed by atoms with Gasteiger partial charge in [0.25, 0.3) is 5.91 Å². The van der Waals surface area contributed by atoms with E-state index in [2.05, 4.69) is 25.5 Å². The molecule has 0 aromatic carbocycles. The maximum absolute atomic E-state index is 12.2. The number of nitrogens with one attached hydrogen (secondary N) is 2. The Bertz CT molecular complexity index is 729. The number of hydrogen-bond donors (Lipinski definition) is 2. The molecule has 0 unspecified atom stereocenters. The van der Waals surface area contributed by atoms with Gasteiger partial charge < -0.3 is 15.5 Å². The van der Waals surface area contributed by atoms with Gasteiger partial charge in [-0.05, 0) is 26.7 Å². The Morgan fingerprint density at radius 2 is 1.89 bits per heavy atom. The predicted molar refractivity (Wildman–Crippen MR) is 104 cm³/mol. The van der Waals surface area contributed by atoms with Crippen molar-refractivity contribution in [3.63, 3.8) is 0 Å². The summed E-state index contributed by atoms with van der Waals surface area (Å²) in [6.45, 7) is 5.33. The number of imide groups is 1. The molecule has 152 valence electrons. The Balaban J connectivity index is 1.61. The molecular weight excluding hydrogens is 360 g/mol. The van der Waals surface area contributed by atoms with Crippen molar-refractivity contribution in [2.24, 2.45) is 0 Å². The summed E-state index contributed by atoms with van der Waals surface area (Å²) in [7, 11) is 0. The first kappa shape index (κ1) is 20.0. The van der Waals surface area contributed by atoms with Gasteiger partial charge in [0, 0.05) is 30.5 Å². The van der Waals surface area contributed by atoms with Gasteiger partial charge in [-0.3, -0.25) is 14.5 Å². The van der Waals surface area contributed by atoms with Crippen LogP contribution >= 0.6 is 0 Å². The summed E-state index contributed by atoms with van der Waals surface area (Å²) < 4.78 is 0. The summed E-state index contributed by atoms with van der Waals surface area (Å²) in [4.78, 5) is 47.7. The van der Waals surface area contributed by atoms with Crippen molar-refractivity contribution in [1.82, 2.24) is 25.5 Å². The Kier molecular flexibility index (Phi) is 6.43.